The summed E-state index contributed by atoms with van der Waals surface area (Å²) in [7, 11) is -3.99. The molecule has 0 saturated heterocycles. The summed E-state index contributed by atoms with van der Waals surface area (Å²) in [5, 5.41) is 4.75. The molecule has 0 atom stereocenters. The van der Waals surface area contributed by atoms with E-state index in [4.69, 9.17) is 11.6 Å². The van der Waals surface area contributed by atoms with Crippen molar-refractivity contribution in [2.75, 3.05) is 10.8 Å². The van der Waals surface area contributed by atoms with Crippen molar-refractivity contribution in [1.29, 1.82) is 0 Å². The van der Waals surface area contributed by atoms with Crippen LogP contribution in [0.2, 0.25) is 5.02 Å². The first-order valence-corrected chi connectivity index (χ1v) is 13.9. The van der Waals surface area contributed by atoms with Gasteiger partial charge in [-0.1, -0.05) is 45.7 Å². The Kier molecular flexibility index (Phi) is 8.16. The SMILES string of the molecule is Cc1cc(/C=N/NC(=O)CN(c2ccc(Br)cc2)S(=O)(=O)c2ccccc2)c(C)n1-c1ccc(Cl)cc1. The molecule has 4 rings (SSSR count). The van der Waals surface area contributed by atoms with Crippen LogP contribution in [0.1, 0.15) is 17.0 Å². The lowest BCUT2D eigenvalue weighted by Gasteiger charge is -2.23. The monoisotopic (exact) mass is 598 g/mol. The smallest absolute Gasteiger partial charge is 0.264 e. The molecule has 0 bridgehead atoms. The molecule has 0 unspecified atom stereocenters. The van der Waals surface area contributed by atoms with Crippen LogP contribution in [0.3, 0.4) is 0 Å². The summed E-state index contributed by atoms with van der Waals surface area (Å²) in [5.74, 6) is -0.579. The van der Waals surface area contributed by atoms with Gasteiger partial charge in [0, 0.05) is 32.1 Å². The van der Waals surface area contributed by atoms with Gasteiger partial charge in [-0.25, -0.2) is 13.8 Å². The molecule has 10 heteroatoms. The Morgan fingerprint density at radius 2 is 1.68 bits per heavy atom. The number of amides is 1. The molecule has 0 aliphatic carbocycles. The summed E-state index contributed by atoms with van der Waals surface area (Å²) >= 11 is 9.37. The number of hydrogen-bond acceptors (Lipinski definition) is 4. The van der Waals surface area contributed by atoms with Gasteiger partial charge >= 0.3 is 0 Å². The van der Waals surface area contributed by atoms with Crippen LogP contribution in [0.5, 0.6) is 0 Å². The molecule has 1 heterocycles. The maximum Gasteiger partial charge on any atom is 0.264 e. The third kappa shape index (κ3) is 6.12. The molecule has 0 radical (unpaired) electrons. The van der Waals surface area contributed by atoms with Gasteiger partial charge in [-0.05, 0) is 80.6 Å². The van der Waals surface area contributed by atoms with Crippen molar-refractivity contribution >= 4 is 55.4 Å². The Labute approximate surface area is 229 Å². The fourth-order valence-corrected chi connectivity index (χ4v) is 5.72. The fourth-order valence-electron chi connectivity index (χ4n) is 3.89. The number of aryl methyl sites for hydroxylation is 1. The Hall–Kier alpha value is -3.40. The molecule has 0 aliphatic heterocycles. The lowest BCUT2D eigenvalue weighted by atomic mass is 10.2. The van der Waals surface area contributed by atoms with E-state index in [1.54, 1.807) is 48.7 Å². The van der Waals surface area contributed by atoms with E-state index in [1.165, 1.54) is 12.1 Å². The zero-order valence-corrected chi connectivity index (χ0v) is 23.3. The number of benzene rings is 3. The van der Waals surface area contributed by atoms with Crippen LogP contribution in [-0.4, -0.2) is 31.7 Å². The highest BCUT2D eigenvalue weighted by atomic mass is 79.9. The second-order valence-corrected chi connectivity index (χ2v) is 11.4. The summed E-state index contributed by atoms with van der Waals surface area (Å²) in [6, 6.07) is 24.1. The summed E-state index contributed by atoms with van der Waals surface area (Å²) in [4.78, 5) is 12.9. The Morgan fingerprint density at radius 3 is 2.32 bits per heavy atom. The molecule has 0 fully saturated rings. The van der Waals surface area contributed by atoms with E-state index in [1.807, 2.05) is 44.2 Å². The van der Waals surface area contributed by atoms with Gasteiger partial charge in [0.25, 0.3) is 15.9 Å². The number of rotatable bonds is 8. The van der Waals surface area contributed by atoms with E-state index < -0.39 is 22.5 Å². The zero-order chi connectivity index (χ0) is 26.6. The van der Waals surface area contributed by atoms with Gasteiger partial charge in [-0.15, -0.1) is 0 Å². The zero-order valence-electron chi connectivity index (χ0n) is 20.1. The summed E-state index contributed by atoms with van der Waals surface area (Å²) in [6.07, 6.45) is 1.54. The van der Waals surface area contributed by atoms with E-state index >= 15 is 0 Å². The number of nitrogens with zero attached hydrogens (tertiary/aromatic N) is 3. The predicted octanol–water partition coefficient (Wildman–Crippen LogP) is 5.86. The number of halogens is 2. The molecule has 0 aliphatic rings. The van der Waals surface area contributed by atoms with Crippen LogP contribution in [0, 0.1) is 13.8 Å². The number of carbonyl (C=O) groups is 1. The van der Waals surface area contributed by atoms with Gasteiger partial charge in [0.2, 0.25) is 0 Å². The molecule has 4 aromatic rings. The third-order valence-corrected chi connectivity index (χ3v) is 8.25. The van der Waals surface area contributed by atoms with Crippen molar-refractivity contribution in [1.82, 2.24) is 9.99 Å². The highest BCUT2D eigenvalue weighted by Crippen LogP contribution is 2.25. The topological polar surface area (TPSA) is 83.8 Å². The number of aromatic nitrogens is 1. The third-order valence-electron chi connectivity index (χ3n) is 5.68. The minimum Gasteiger partial charge on any atom is -0.318 e. The quantitative estimate of drug-likeness (QED) is 0.204. The van der Waals surface area contributed by atoms with E-state index in [9.17, 15) is 13.2 Å². The van der Waals surface area contributed by atoms with Gasteiger partial charge in [0.15, 0.2) is 0 Å². The van der Waals surface area contributed by atoms with Crippen molar-refractivity contribution in [3.8, 4) is 5.69 Å². The van der Waals surface area contributed by atoms with Gasteiger partial charge in [-0.3, -0.25) is 9.10 Å². The van der Waals surface area contributed by atoms with Crippen LogP contribution in [0.25, 0.3) is 5.69 Å². The average molecular weight is 600 g/mol. The highest BCUT2D eigenvalue weighted by molar-refractivity contribution is 9.10. The summed E-state index contributed by atoms with van der Waals surface area (Å²) < 4.78 is 30.7. The van der Waals surface area contributed by atoms with Crippen LogP contribution < -0.4 is 9.73 Å². The van der Waals surface area contributed by atoms with Crippen LogP contribution in [0.4, 0.5) is 5.69 Å². The largest absolute Gasteiger partial charge is 0.318 e. The van der Waals surface area contributed by atoms with Crippen molar-refractivity contribution < 1.29 is 13.2 Å². The second kappa shape index (κ2) is 11.3. The van der Waals surface area contributed by atoms with E-state index in [2.05, 4.69) is 31.0 Å². The molecule has 190 valence electrons. The van der Waals surface area contributed by atoms with E-state index in [0.29, 0.717) is 10.7 Å². The van der Waals surface area contributed by atoms with Crippen LogP contribution >= 0.6 is 27.5 Å². The first kappa shape index (κ1) is 26.7. The lowest BCUT2D eigenvalue weighted by Crippen LogP contribution is -2.39. The highest BCUT2D eigenvalue weighted by Gasteiger charge is 2.27. The summed E-state index contributed by atoms with van der Waals surface area (Å²) in [5.41, 5.74) is 6.51. The number of hydrazone groups is 1. The number of hydrogen-bond donors (Lipinski definition) is 1. The molecule has 37 heavy (non-hydrogen) atoms. The first-order valence-electron chi connectivity index (χ1n) is 11.3. The minimum atomic E-state index is -3.99. The van der Waals surface area contributed by atoms with Crippen LogP contribution in [-0.2, 0) is 14.8 Å². The van der Waals surface area contributed by atoms with Gasteiger partial charge in [0.05, 0.1) is 16.8 Å². The maximum atomic E-state index is 13.4. The van der Waals surface area contributed by atoms with Crippen molar-refractivity contribution in [3.05, 3.63) is 111 Å². The van der Waals surface area contributed by atoms with E-state index in [0.717, 1.165) is 31.4 Å². The molecule has 1 aromatic heterocycles. The molecule has 0 saturated carbocycles. The molecular weight excluding hydrogens is 576 g/mol. The predicted molar refractivity (Wildman–Crippen MR) is 151 cm³/mol. The number of carbonyl (C=O) groups excluding carboxylic acids is 1. The fraction of sp³-hybridized carbons (Fsp3) is 0.111. The van der Waals surface area contributed by atoms with Crippen molar-refractivity contribution in [2.45, 2.75) is 18.7 Å². The minimum absolute atomic E-state index is 0.0869. The maximum absolute atomic E-state index is 13.4. The molecule has 1 amide bonds. The number of nitrogens with one attached hydrogen (secondary N) is 1. The van der Waals surface area contributed by atoms with Gasteiger partial charge < -0.3 is 4.57 Å². The standard InChI is InChI=1S/C27H24BrClN4O3S/c1-19-16-21(20(2)33(19)25-14-10-23(29)11-15-25)17-30-31-27(34)18-32(24-12-8-22(28)9-13-24)37(35,36)26-6-4-3-5-7-26/h3-17H,18H2,1-2H3,(H,31,34)/b30-17+. The van der Waals surface area contributed by atoms with Crippen molar-refractivity contribution in [3.63, 3.8) is 0 Å². The first-order chi connectivity index (χ1) is 17.7. The molecule has 1 N–H and O–H groups in total. The Balaban J connectivity index is 1.53. The van der Waals surface area contributed by atoms with Crippen molar-refractivity contribution in [2.24, 2.45) is 5.10 Å². The van der Waals surface area contributed by atoms with Gasteiger partial charge in [0.1, 0.15) is 6.54 Å². The van der Waals surface area contributed by atoms with Crippen LogP contribution in [0.15, 0.2) is 99.4 Å². The normalized spacial score (nSPS) is 11.6. The molecule has 3 aromatic carbocycles. The number of sulfonamides is 1. The average Bonchev–Trinajstić information content (AvgIpc) is 3.17. The Morgan fingerprint density at radius 1 is 1.03 bits per heavy atom. The van der Waals surface area contributed by atoms with Gasteiger partial charge in [-0.2, -0.15) is 5.10 Å². The summed E-state index contributed by atoms with van der Waals surface area (Å²) in [6.45, 7) is 3.48. The molecular formula is C27H24BrClN4O3S. The van der Waals surface area contributed by atoms with E-state index in [-0.39, 0.29) is 4.90 Å². The number of anilines is 1. The Bertz CT molecular complexity index is 1540. The molecule has 0 spiro atoms. The lowest BCUT2D eigenvalue weighted by molar-refractivity contribution is -0.119. The second-order valence-electron chi connectivity index (χ2n) is 8.23. The molecule has 7 nitrogen and oxygen atoms in total.